The van der Waals surface area contributed by atoms with E-state index >= 15 is 0 Å². The van der Waals surface area contributed by atoms with Crippen molar-refractivity contribution in [2.45, 2.75) is 61.9 Å². The molecule has 0 spiro atoms. The summed E-state index contributed by atoms with van der Waals surface area (Å²) in [7, 11) is 0. The van der Waals surface area contributed by atoms with Gasteiger partial charge in [-0.05, 0) is 67.8 Å². The lowest BCUT2D eigenvalue weighted by Gasteiger charge is -2.20. The summed E-state index contributed by atoms with van der Waals surface area (Å²) in [5.41, 5.74) is 1.40. The van der Waals surface area contributed by atoms with Crippen molar-refractivity contribution >= 4 is 51.6 Å². The molecular weight excluding hydrogens is 452 g/mol. The second-order valence-electron chi connectivity index (χ2n) is 8.63. The zero-order chi connectivity index (χ0) is 22.8. The van der Waals surface area contributed by atoms with E-state index in [4.69, 9.17) is 9.83 Å². The molecule has 0 saturated heterocycles. The van der Waals surface area contributed by atoms with E-state index in [-0.39, 0.29) is 11.4 Å². The van der Waals surface area contributed by atoms with Crippen molar-refractivity contribution < 1.29 is 9.21 Å². The molecule has 0 unspecified atom stereocenters. The average molecular weight is 479 g/mol. The summed E-state index contributed by atoms with van der Waals surface area (Å²) in [6.07, 6.45) is 10.2. The minimum atomic E-state index is -0.424. The first-order valence-electron chi connectivity index (χ1n) is 11.4. The van der Waals surface area contributed by atoms with Gasteiger partial charge in [0.1, 0.15) is 10.8 Å². The molecule has 1 amide bonds. The number of rotatable bonds is 6. The first kappa shape index (κ1) is 22.2. The molecule has 0 bridgehead atoms. The Bertz CT molecular complexity index is 1160. The molecule has 0 radical (unpaired) electrons. The third-order valence-corrected chi connectivity index (χ3v) is 8.01. The minimum Gasteiger partial charge on any atom is -0.450 e. The first-order chi connectivity index (χ1) is 16.0. The highest BCUT2D eigenvalue weighted by Crippen LogP contribution is 2.34. The van der Waals surface area contributed by atoms with Crippen molar-refractivity contribution in [3.8, 4) is 0 Å². The number of aryl methyl sites for hydroxylation is 1. The lowest BCUT2D eigenvalue weighted by Crippen LogP contribution is -2.35. The summed E-state index contributed by atoms with van der Waals surface area (Å²) in [6.45, 7) is 2.05. The van der Waals surface area contributed by atoms with Gasteiger partial charge in [0.15, 0.2) is 10.9 Å². The normalized spacial score (nSPS) is 20.3. The van der Waals surface area contributed by atoms with Gasteiger partial charge in [0.2, 0.25) is 5.17 Å². The Morgan fingerprint density at radius 2 is 1.97 bits per heavy atom. The predicted octanol–water partition coefficient (Wildman–Crippen LogP) is 6.72. The van der Waals surface area contributed by atoms with Crippen molar-refractivity contribution in [2.75, 3.05) is 0 Å². The van der Waals surface area contributed by atoms with Crippen LogP contribution in [0.25, 0.3) is 6.08 Å². The number of nitrogens with one attached hydrogen (secondary N) is 1. The van der Waals surface area contributed by atoms with Crippen LogP contribution in [0.3, 0.4) is 0 Å². The van der Waals surface area contributed by atoms with Crippen LogP contribution in [0.4, 0.5) is 0 Å². The monoisotopic (exact) mass is 478 g/mol. The van der Waals surface area contributed by atoms with Gasteiger partial charge in [-0.15, -0.1) is 0 Å². The number of amidine groups is 2. The highest BCUT2D eigenvalue weighted by Gasteiger charge is 2.35. The third-order valence-electron chi connectivity index (χ3n) is 6.12. The number of hydrogen-bond donors (Lipinski definition) is 1. The van der Waals surface area contributed by atoms with Crippen LogP contribution in [0.5, 0.6) is 0 Å². The molecular formula is C25H26N4O2S2. The summed E-state index contributed by atoms with van der Waals surface area (Å²) in [6, 6.07) is 11.9. The Labute approximate surface area is 202 Å². The summed E-state index contributed by atoms with van der Waals surface area (Å²) in [4.78, 5) is 17.9. The third kappa shape index (κ3) is 5.17. The number of furan rings is 1. The van der Waals surface area contributed by atoms with Crippen LogP contribution in [0.15, 0.2) is 66.5 Å². The van der Waals surface area contributed by atoms with Crippen molar-refractivity contribution in [2.24, 2.45) is 16.0 Å². The van der Waals surface area contributed by atoms with Gasteiger partial charge in [-0.25, -0.2) is 0 Å². The predicted molar refractivity (Wildman–Crippen MR) is 135 cm³/mol. The molecule has 3 heterocycles. The number of fused-ring (bicyclic) bond motifs is 1. The second-order valence-corrected chi connectivity index (χ2v) is 10.7. The van der Waals surface area contributed by atoms with E-state index in [2.05, 4.69) is 29.2 Å². The maximum absolute atomic E-state index is 12.7. The van der Waals surface area contributed by atoms with Crippen molar-refractivity contribution in [1.82, 2.24) is 5.01 Å². The van der Waals surface area contributed by atoms with Gasteiger partial charge in [-0.3, -0.25) is 10.2 Å². The minimum absolute atomic E-state index is 0.0503. The lowest BCUT2D eigenvalue weighted by molar-refractivity contribution is -0.114. The first-order valence-corrected chi connectivity index (χ1v) is 13.0. The molecule has 170 valence electrons. The fourth-order valence-electron chi connectivity index (χ4n) is 4.27. The molecule has 0 atom stereocenters. The van der Waals surface area contributed by atoms with E-state index in [1.807, 2.05) is 18.2 Å². The summed E-state index contributed by atoms with van der Waals surface area (Å²) >= 11 is 2.93. The average Bonchev–Trinajstić information content (AvgIpc) is 3.44. The van der Waals surface area contributed by atoms with Crippen LogP contribution in [0, 0.1) is 18.3 Å². The molecule has 1 aromatic heterocycles. The van der Waals surface area contributed by atoms with Crippen LogP contribution in [0.1, 0.15) is 56.3 Å². The Kier molecular flexibility index (Phi) is 6.55. The number of aliphatic imine (C=N–C) groups is 1. The molecule has 1 saturated carbocycles. The van der Waals surface area contributed by atoms with Gasteiger partial charge in [0.05, 0.1) is 5.57 Å². The lowest BCUT2D eigenvalue weighted by atomic mass is 9.86. The summed E-state index contributed by atoms with van der Waals surface area (Å²) < 4.78 is 5.89. The molecule has 1 aromatic carbocycles. The SMILES string of the molecule is Cc1ccc(Sc2ccc(C=C3C(=N)N4N=C(CCC5CCCCC5)SC4=NC3=O)o2)cc1. The highest BCUT2D eigenvalue weighted by atomic mass is 32.2. The van der Waals surface area contributed by atoms with Gasteiger partial charge in [0, 0.05) is 4.90 Å². The number of hydrazone groups is 1. The largest absolute Gasteiger partial charge is 0.450 e. The number of hydrogen-bond acceptors (Lipinski definition) is 6. The van der Waals surface area contributed by atoms with Crippen LogP contribution in [0.2, 0.25) is 0 Å². The molecule has 1 aliphatic carbocycles. The molecule has 3 aliphatic rings. The number of thioether (sulfide) groups is 1. The van der Waals surface area contributed by atoms with Crippen molar-refractivity contribution in [3.05, 3.63) is 53.3 Å². The maximum Gasteiger partial charge on any atom is 0.283 e. The zero-order valence-corrected chi connectivity index (χ0v) is 20.2. The Balaban J connectivity index is 1.27. The number of nitrogens with zero attached hydrogens (tertiary/aromatic N) is 3. The molecule has 2 aliphatic heterocycles. The molecule has 2 aromatic rings. The fourth-order valence-corrected chi connectivity index (χ4v) is 5.95. The summed E-state index contributed by atoms with van der Waals surface area (Å²) in [5, 5.41) is 16.8. The van der Waals surface area contributed by atoms with Gasteiger partial charge >= 0.3 is 0 Å². The fraction of sp³-hybridized carbons (Fsp3) is 0.360. The molecule has 1 N–H and O–H groups in total. The summed E-state index contributed by atoms with van der Waals surface area (Å²) in [5.74, 6) is 0.912. The number of benzene rings is 1. The van der Waals surface area contributed by atoms with Crippen LogP contribution in [-0.2, 0) is 4.79 Å². The van der Waals surface area contributed by atoms with E-state index in [9.17, 15) is 4.79 Å². The maximum atomic E-state index is 12.7. The molecule has 33 heavy (non-hydrogen) atoms. The number of amides is 1. The molecule has 5 rings (SSSR count). The van der Waals surface area contributed by atoms with Gasteiger partial charge in [0.25, 0.3) is 5.91 Å². The van der Waals surface area contributed by atoms with Crippen molar-refractivity contribution in [3.63, 3.8) is 0 Å². The van der Waals surface area contributed by atoms with Gasteiger partial charge in [-0.1, -0.05) is 61.6 Å². The van der Waals surface area contributed by atoms with E-state index in [0.717, 1.165) is 33.8 Å². The van der Waals surface area contributed by atoms with Gasteiger partial charge in [-0.2, -0.15) is 15.1 Å². The quantitative estimate of drug-likeness (QED) is 0.466. The number of carbonyl (C=O) groups excluding carboxylic acids is 1. The smallest absolute Gasteiger partial charge is 0.283 e. The van der Waals surface area contributed by atoms with E-state index in [1.54, 1.807) is 12.1 Å². The standard InChI is InChI=1S/C25H26N4O2S2/c1-16-7-11-19(12-8-16)32-22-14-10-18(31-22)15-20-23(26)29-25(27-24(20)30)33-21(28-29)13-9-17-5-3-2-4-6-17/h7-8,10-12,14-15,17,26H,2-6,9,13H2,1H3. The molecule has 1 fully saturated rings. The molecule has 6 nitrogen and oxygen atoms in total. The second kappa shape index (κ2) is 9.73. The van der Waals surface area contributed by atoms with Crippen LogP contribution < -0.4 is 0 Å². The zero-order valence-electron chi connectivity index (χ0n) is 18.5. The van der Waals surface area contributed by atoms with Crippen LogP contribution in [-0.4, -0.2) is 27.0 Å². The Morgan fingerprint density at radius 3 is 2.76 bits per heavy atom. The number of carbonyl (C=O) groups is 1. The molecule has 8 heteroatoms. The highest BCUT2D eigenvalue weighted by molar-refractivity contribution is 8.26. The van der Waals surface area contributed by atoms with E-state index in [0.29, 0.717) is 10.9 Å². The van der Waals surface area contributed by atoms with E-state index in [1.165, 1.54) is 66.2 Å². The topological polar surface area (TPSA) is 82.0 Å². The van der Waals surface area contributed by atoms with E-state index < -0.39 is 5.91 Å². The van der Waals surface area contributed by atoms with Crippen LogP contribution >= 0.6 is 23.5 Å². The Morgan fingerprint density at radius 1 is 1.18 bits per heavy atom. The van der Waals surface area contributed by atoms with Gasteiger partial charge < -0.3 is 4.42 Å². The van der Waals surface area contributed by atoms with Crippen molar-refractivity contribution in [1.29, 1.82) is 5.41 Å². The Hall–Kier alpha value is -2.58.